The number of rotatable bonds is 6. The Morgan fingerprint density at radius 3 is 2.65 bits per heavy atom. The lowest BCUT2D eigenvalue weighted by atomic mass is 9.47. The number of nitrogens with zero attached hydrogens (tertiary/aromatic N) is 1. The lowest BCUT2D eigenvalue weighted by molar-refractivity contribution is -0.179. The summed E-state index contributed by atoms with van der Waals surface area (Å²) in [5, 5.41) is 10.0. The maximum absolute atomic E-state index is 12.4. The second-order valence-electron chi connectivity index (χ2n) is 14.4. The smallest absolute Gasteiger partial charge is 0.429 e. The Morgan fingerprint density at radius 2 is 1.93 bits per heavy atom. The maximum atomic E-state index is 12.4. The molecule has 11 atom stereocenters. The van der Waals surface area contributed by atoms with Crippen molar-refractivity contribution < 1.29 is 33.8 Å². The van der Waals surface area contributed by atoms with Crippen LogP contribution in [-0.4, -0.2) is 53.1 Å². The molecular formula is C32H47NO7. The predicted octanol–water partition coefficient (Wildman–Crippen LogP) is 5.57. The Labute approximate surface area is 238 Å². The van der Waals surface area contributed by atoms with Gasteiger partial charge in [0, 0.05) is 25.9 Å². The normalized spacial score (nSPS) is 44.8. The Kier molecular flexibility index (Phi) is 7.34. The van der Waals surface area contributed by atoms with E-state index >= 15 is 0 Å². The first-order valence-corrected chi connectivity index (χ1v) is 15.8. The van der Waals surface area contributed by atoms with Crippen LogP contribution in [-0.2, 0) is 23.9 Å². The third-order valence-corrected chi connectivity index (χ3v) is 12.3. The molecule has 3 saturated carbocycles. The first-order valence-electron chi connectivity index (χ1n) is 15.8. The molecule has 0 aromatic heterocycles. The van der Waals surface area contributed by atoms with Gasteiger partial charge in [-0.1, -0.05) is 44.4 Å². The van der Waals surface area contributed by atoms with Gasteiger partial charge in [-0.15, -0.1) is 0 Å². The Balaban J connectivity index is 1.10. The van der Waals surface area contributed by atoms with Gasteiger partial charge in [0.15, 0.2) is 0 Å². The second kappa shape index (κ2) is 10.4. The monoisotopic (exact) mass is 557 g/mol. The van der Waals surface area contributed by atoms with E-state index in [1.807, 2.05) is 0 Å². The molecule has 40 heavy (non-hydrogen) atoms. The molecule has 2 amide bonds. The van der Waals surface area contributed by atoms with Gasteiger partial charge in [-0.2, -0.15) is 0 Å². The molecule has 0 spiro atoms. The number of hydrogen-bond donors (Lipinski definition) is 1. The Hall–Kier alpha value is -1.93. The summed E-state index contributed by atoms with van der Waals surface area (Å²) in [5.74, 6) is 2.50. The van der Waals surface area contributed by atoms with Gasteiger partial charge < -0.3 is 14.6 Å². The van der Waals surface area contributed by atoms with Crippen LogP contribution >= 0.6 is 0 Å². The summed E-state index contributed by atoms with van der Waals surface area (Å²) in [6.45, 7) is 9.78. The van der Waals surface area contributed by atoms with Crippen molar-refractivity contribution in [2.24, 2.45) is 46.3 Å². The summed E-state index contributed by atoms with van der Waals surface area (Å²) in [5.41, 5.74) is 1.83. The molecule has 1 N–H and O–H groups in total. The fourth-order valence-electron chi connectivity index (χ4n) is 10.2. The SMILES string of the molecule is C[C@@H](CO)CCC1OC2C[C@H]3[C@@H]4CC=C5C[C@@H](OC(=O)ON6C(=O)CCC6=O)CC[C@]5(C)[C@H]4CC[C@]3(C)[C@H]2[C@@H]1C. The number of amides is 2. The highest BCUT2D eigenvalue weighted by Gasteiger charge is 2.65. The van der Waals surface area contributed by atoms with Crippen molar-refractivity contribution in [3.05, 3.63) is 11.6 Å². The molecule has 0 aromatic carbocycles. The van der Waals surface area contributed by atoms with Crippen molar-refractivity contribution in [3.63, 3.8) is 0 Å². The molecule has 222 valence electrons. The Morgan fingerprint density at radius 1 is 1.18 bits per heavy atom. The summed E-state index contributed by atoms with van der Waals surface area (Å²) in [7, 11) is 0. The maximum Gasteiger partial charge on any atom is 0.534 e. The number of allylic oxidation sites excluding steroid dienone is 1. The van der Waals surface area contributed by atoms with Crippen LogP contribution in [0.3, 0.4) is 0 Å². The number of imide groups is 1. The van der Waals surface area contributed by atoms with E-state index < -0.39 is 18.0 Å². The van der Waals surface area contributed by atoms with Crippen molar-refractivity contribution in [1.29, 1.82) is 0 Å². The molecule has 5 fully saturated rings. The first kappa shape index (κ1) is 28.2. The van der Waals surface area contributed by atoms with E-state index in [1.165, 1.54) is 24.8 Å². The van der Waals surface area contributed by atoms with Gasteiger partial charge >= 0.3 is 6.16 Å². The van der Waals surface area contributed by atoms with Crippen LogP contribution in [0, 0.1) is 46.3 Å². The number of fused-ring (bicyclic) bond motifs is 7. The van der Waals surface area contributed by atoms with Crippen LogP contribution in [0.1, 0.15) is 98.3 Å². The summed E-state index contributed by atoms with van der Waals surface area (Å²) in [4.78, 5) is 40.9. The molecule has 0 aromatic rings. The number of aliphatic hydroxyl groups is 1. The van der Waals surface area contributed by atoms with Gasteiger partial charge in [-0.05, 0) is 97.7 Å². The van der Waals surface area contributed by atoms with Crippen molar-refractivity contribution >= 4 is 18.0 Å². The zero-order chi connectivity index (χ0) is 28.4. The van der Waals surface area contributed by atoms with E-state index in [0.717, 1.165) is 32.1 Å². The van der Waals surface area contributed by atoms with E-state index in [0.29, 0.717) is 64.6 Å². The van der Waals surface area contributed by atoms with Gasteiger partial charge in [0.1, 0.15) is 6.10 Å². The van der Waals surface area contributed by atoms with E-state index in [9.17, 15) is 19.5 Å². The molecule has 2 aliphatic heterocycles. The Bertz CT molecular complexity index is 1060. The van der Waals surface area contributed by atoms with E-state index in [4.69, 9.17) is 14.3 Å². The topological polar surface area (TPSA) is 102 Å². The number of hydroxylamine groups is 2. The number of carbonyl (C=O) groups excluding carboxylic acids is 3. The van der Waals surface area contributed by atoms with Gasteiger partial charge in [0.05, 0.1) is 12.2 Å². The molecule has 8 nitrogen and oxygen atoms in total. The van der Waals surface area contributed by atoms with Crippen LogP contribution in [0.5, 0.6) is 0 Å². The molecule has 0 bridgehead atoms. The molecule has 8 heteroatoms. The minimum atomic E-state index is -0.962. The molecule has 2 saturated heterocycles. The van der Waals surface area contributed by atoms with E-state index in [-0.39, 0.29) is 31.0 Å². The molecule has 6 aliphatic rings. The molecule has 2 heterocycles. The van der Waals surface area contributed by atoms with Gasteiger partial charge in [0.2, 0.25) is 0 Å². The average Bonchev–Trinajstić information content (AvgIpc) is 3.53. The van der Waals surface area contributed by atoms with Crippen LogP contribution in [0.25, 0.3) is 0 Å². The summed E-state index contributed by atoms with van der Waals surface area (Å²) < 4.78 is 12.4. The molecule has 2 unspecified atom stereocenters. The lowest BCUT2D eigenvalue weighted by Crippen LogP contribution is -2.51. The lowest BCUT2D eigenvalue weighted by Gasteiger charge is -2.58. The second-order valence-corrected chi connectivity index (χ2v) is 14.4. The highest BCUT2D eigenvalue weighted by Crippen LogP contribution is 2.69. The minimum absolute atomic E-state index is 0.0698. The molecule has 0 radical (unpaired) electrons. The third kappa shape index (κ3) is 4.52. The van der Waals surface area contributed by atoms with E-state index in [2.05, 4.69) is 33.8 Å². The van der Waals surface area contributed by atoms with Crippen molar-refractivity contribution in [2.45, 2.75) is 117 Å². The summed E-state index contributed by atoms with van der Waals surface area (Å²) in [6.07, 6.45) is 11.2. The zero-order valence-electron chi connectivity index (χ0n) is 24.6. The number of aliphatic hydroxyl groups excluding tert-OH is 1. The fourth-order valence-corrected chi connectivity index (χ4v) is 10.2. The van der Waals surface area contributed by atoms with Crippen LogP contribution < -0.4 is 0 Å². The third-order valence-electron chi connectivity index (χ3n) is 12.3. The van der Waals surface area contributed by atoms with Crippen LogP contribution in [0.2, 0.25) is 0 Å². The quantitative estimate of drug-likeness (QED) is 0.259. The predicted molar refractivity (Wildman–Crippen MR) is 146 cm³/mol. The summed E-state index contributed by atoms with van der Waals surface area (Å²) >= 11 is 0. The van der Waals surface area contributed by atoms with E-state index in [1.54, 1.807) is 0 Å². The average molecular weight is 558 g/mol. The van der Waals surface area contributed by atoms with Gasteiger partial charge in [-0.25, -0.2) is 4.79 Å². The number of carbonyl (C=O) groups is 3. The van der Waals surface area contributed by atoms with Gasteiger partial charge in [-0.3, -0.25) is 14.4 Å². The number of hydrogen-bond acceptors (Lipinski definition) is 7. The highest BCUT2D eigenvalue weighted by atomic mass is 16.8. The fraction of sp³-hybridized carbons (Fsp3) is 0.844. The highest BCUT2D eigenvalue weighted by molar-refractivity contribution is 6.01. The van der Waals surface area contributed by atoms with Crippen molar-refractivity contribution in [3.8, 4) is 0 Å². The molecule has 4 aliphatic carbocycles. The van der Waals surface area contributed by atoms with Crippen LogP contribution in [0.15, 0.2) is 11.6 Å². The van der Waals surface area contributed by atoms with Crippen LogP contribution in [0.4, 0.5) is 4.79 Å². The molecular weight excluding hydrogens is 510 g/mol. The summed E-state index contributed by atoms with van der Waals surface area (Å²) in [6, 6.07) is 0. The number of ether oxygens (including phenoxy) is 2. The zero-order valence-corrected chi connectivity index (χ0v) is 24.6. The van der Waals surface area contributed by atoms with Crippen molar-refractivity contribution in [1.82, 2.24) is 5.06 Å². The van der Waals surface area contributed by atoms with Gasteiger partial charge in [0.25, 0.3) is 11.8 Å². The molecule has 6 rings (SSSR count). The first-order chi connectivity index (χ1) is 19.0. The largest absolute Gasteiger partial charge is 0.534 e. The minimum Gasteiger partial charge on any atom is -0.429 e. The van der Waals surface area contributed by atoms with Crippen molar-refractivity contribution in [2.75, 3.05) is 6.61 Å². The standard InChI is InChI=1S/C32H47NO7/c1-18(17-34)5-8-25-19(2)29-26(39-25)16-24-22-7-6-20-15-21(38-30(37)40-33-27(35)9-10-28(33)36)11-13-31(20,3)23(22)12-14-32(24,29)4/h6,18-19,21-26,29,34H,5,7-17H2,1-4H3/t18-,19-,21+,22-,23+,24+,25?,26?,29+,31+,32+/m1/s1.